The van der Waals surface area contributed by atoms with Gasteiger partial charge in [0.05, 0.1) is 5.75 Å². The highest BCUT2D eigenvalue weighted by Crippen LogP contribution is 2.24. The van der Waals surface area contributed by atoms with Crippen molar-refractivity contribution in [1.82, 2.24) is 19.7 Å². The molecule has 1 N–H and O–H groups in total. The molecule has 0 bridgehead atoms. The molecule has 4 rings (SSSR count). The molecule has 0 saturated heterocycles. The number of anilines is 1. The second-order valence-electron chi connectivity index (χ2n) is 6.59. The van der Waals surface area contributed by atoms with Crippen LogP contribution >= 0.6 is 11.8 Å². The predicted octanol–water partition coefficient (Wildman–Crippen LogP) is 4.63. The third kappa shape index (κ3) is 4.46. The van der Waals surface area contributed by atoms with E-state index >= 15 is 0 Å². The van der Waals surface area contributed by atoms with Crippen molar-refractivity contribution in [3.8, 4) is 11.4 Å². The normalized spacial score (nSPS) is 10.9. The first kappa shape index (κ1) is 19.1. The number of thioether (sulfide) groups is 1. The van der Waals surface area contributed by atoms with E-state index in [2.05, 4.69) is 38.1 Å². The summed E-state index contributed by atoms with van der Waals surface area (Å²) >= 11 is 1.40. The molecule has 29 heavy (non-hydrogen) atoms. The highest BCUT2D eigenvalue weighted by atomic mass is 32.2. The quantitative estimate of drug-likeness (QED) is 0.455. The molecule has 0 fully saturated rings. The van der Waals surface area contributed by atoms with Crippen LogP contribution in [0.3, 0.4) is 0 Å². The van der Waals surface area contributed by atoms with E-state index in [1.54, 1.807) is 12.4 Å². The summed E-state index contributed by atoms with van der Waals surface area (Å²) in [5.74, 6) is 0.999. The zero-order chi connectivity index (χ0) is 20.1. The second-order valence-corrected chi connectivity index (χ2v) is 7.53. The molecule has 6 nitrogen and oxygen atoms in total. The van der Waals surface area contributed by atoms with E-state index in [0.717, 1.165) is 46.0 Å². The van der Waals surface area contributed by atoms with Gasteiger partial charge in [0.25, 0.3) is 0 Å². The summed E-state index contributed by atoms with van der Waals surface area (Å²) < 4.78 is 2.06. The summed E-state index contributed by atoms with van der Waals surface area (Å²) in [5, 5.41) is 14.6. The van der Waals surface area contributed by atoms with Crippen LogP contribution in [0.25, 0.3) is 22.2 Å². The van der Waals surface area contributed by atoms with Crippen molar-refractivity contribution in [3.05, 3.63) is 67.0 Å². The summed E-state index contributed by atoms with van der Waals surface area (Å²) in [4.78, 5) is 16.5. The van der Waals surface area contributed by atoms with Crippen LogP contribution in [0.5, 0.6) is 0 Å². The Morgan fingerprint density at radius 2 is 1.83 bits per heavy atom. The Bertz CT molecular complexity index is 1130. The van der Waals surface area contributed by atoms with Gasteiger partial charge in [-0.15, -0.1) is 10.2 Å². The van der Waals surface area contributed by atoms with Crippen molar-refractivity contribution < 1.29 is 4.79 Å². The first-order chi connectivity index (χ1) is 14.2. The lowest BCUT2D eigenvalue weighted by Gasteiger charge is -2.09. The molecule has 1 amide bonds. The number of carbonyl (C=O) groups excluding carboxylic acids is 1. The fourth-order valence-electron chi connectivity index (χ4n) is 3.13. The minimum absolute atomic E-state index is 0.0678. The minimum Gasteiger partial charge on any atom is -0.325 e. The number of amides is 1. The van der Waals surface area contributed by atoms with E-state index in [1.807, 2.05) is 48.5 Å². The Labute approximate surface area is 173 Å². The summed E-state index contributed by atoms with van der Waals surface area (Å²) in [6.07, 6.45) is 4.43. The number of hydrogen-bond acceptors (Lipinski definition) is 5. The molecule has 0 atom stereocenters. The Morgan fingerprint density at radius 3 is 2.62 bits per heavy atom. The van der Waals surface area contributed by atoms with Gasteiger partial charge in [-0.2, -0.15) is 0 Å². The molecular weight excluding hydrogens is 382 g/mol. The van der Waals surface area contributed by atoms with Crippen LogP contribution in [0.2, 0.25) is 0 Å². The molecule has 0 saturated carbocycles. The molecule has 0 aliphatic rings. The van der Waals surface area contributed by atoms with Gasteiger partial charge >= 0.3 is 0 Å². The average molecular weight is 404 g/mol. The van der Waals surface area contributed by atoms with E-state index in [1.165, 1.54) is 11.8 Å². The fraction of sp³-hybridized carbons (Fsp3) is 0.182. The predicted molar refractivity (Wildman–Crippen MR) is 117 cm³/mol. The molecule has 4 aromatic rings. The highest BCUT2D eigenvalue weighted by Gasteiger charge is 2.15. The summed E-state index contributed by atoms with van der Waals surface area (Å²) in [7, 11) is 0. The molecule has 0 aliphatic carbocycles. The molecule has 2 heterocycles. The van der Waals surface area contributed by atoms with Crippen molar-refractivity contribution in [1.29, 1.82) is 0 Å². The van der Waals surface area contributed by atoms with Crippen LogP contribution in [0.4, 0.5) is 5.69 Å². The number of nitrogens with one attached hydrogen (secondary N) is 1. The summed E-state index contributed by atoms with van der Waals surface area (Å²) in [6, 6.07) is 17.8. The van der Waals surface area contributed by atoms with E-state index in [4.69, 9.17) is 0 Å². The summed E-state index contributed by atoms with van der Waals surface area (Å²) in [5.41, 5.74) is 1.76. The average Bonchev–Trinajstić information content (AvgIpc) is 3.16. The van der Waals surface area contributed by atoms with Crippen molar-refractivity contribution in [3.63, 3.8) is 0 Å². The van der Waals surface area contributed by atoms with Gasteiger partial charge in [0, 0.05) is 30.2 Å². The first-order valence-electron chi connectivity index (χ1n) is 9.49. The van der Waals surface area contributed by atoms with Crippen LogP contribution in [0.15, 0.2) is 72.1 Å². The minimum atomic E-state index is -0.0678. The van der Waals surface area contributed by atoms with Crippen LogP contribution in [-0.2, 0) is 11.3 Å². The molecule has 2 aromatic heterocycles. The molecule has 7 heteroatoms. The van der Waals surface area contributed by atoms with Gasteiger partial charge in [0.1, 0.15) is 0 Å². The lowest BCUT2D eigenvalue weighted by Crippen LogP contribution is -2.14. The number of nitrogens with zero attached hydrogens (tertiary/aromatic N) is 4. The van der Waals surface area contributed by atoms with Crippen molar-refractivity contribution in [2.75, 3.05) is 11.1 Å². The van der Waals surface area contributed by atoms with Crippen LogP contribution in [0.1, 0.15) is 13.3 Å². The van der Waals surface area contributed by atoms with Gasteiger partial charge in [0.15, 0.2) is 11.0 Å². The van der Waals surface area contributed by atoms with Gasteiger partial charge in [-0.25, -0.2) is 0 Å². The zero-order valence-corrected chi connectivity index (χ0v) is 16.9. The third-order valence-corrected chi connectivity index (χ3v) is 5.43. The largest absolute Gasteiger partial charge is 0.325 e. The number of carbonyl (C=O) groups is 1. The van der Waals surface area contributed by atoms with E-state index in [9.17, 15) is 4.79 Å². The van der Waals surface area contributed by atoms with Crippen molar-refractivity contribution in [2.45, 2.75) is 25.0 Å². The maximum Gasteiger partial charge on any atom is 0.234 e. The van der Waals surface area contributed by atoms with Crippen molar-refractivity contribution in [2.24, 2.45) is 0 Å². The van der Waals surface area contributed by atoms with Gasteiger partial charge in [0.2, 0.25) is 5.91 Å². The SMILES string of the molecule is CCCn1c(SCC(=O)Nc2ccc3ccccc3c2)nnc1-c1ccncc1. The number of aromatic nitrogens is 4. The fourth-order valence-corrected chi connectivity index (χ4v) is 3.89. The van der Waals surface area contributed by atoms with Gasteiger partial charge in [-0.1, -0.05) is 49.0 Å². The Kier molecular flexibility index (Phi) is 5.86. The van der Waals surface area contributed by atoms with Gasteiger partial charge < -0.3 is 9.88 Å². The lowest BCUT2D eigenvalue weighted by atomic mass is 10.1. The molecule has 2 aromatic carbocycles. The summed E-state index contributed by atoms with van der Waals surface area (Å²) in [6.45, 7) is 2.90. The maximum atomic E-state index is 12.5. The number of pyridine rings is 1. The number of fused-ring (bicyclic) bond motifs is 1. The number of benzene rings is 2. The topological polar surface area (TPSA) is 72.7 Å². The third-order valence-electron chi connectivity index (χ3n) is 4.47. The van der Waals surface area contributed by atoms with Gasteiger partial charge in [-0.05, 0) is 41.5 Å². The monoisotopic (exact) mass is 403 g/mol. The standard InChI is InChI=1S/C22H21N5OS/c1-2-13-27-21(17-9-11-23-12-10-17)25-26-22(27)29-15-20(28)24-19-8-7-16-5-3-4-6-18(16)14-19/h3-12,14H,2,13,15H2,1H3,(H,24,28). The smallest absolute Gasteiger partial charge is 0.234 e. The van der Waals surface area contributed by atoms with Crippen LogP contribution < -0.4 is 5.32 Å². The first-order valence-corrected chi connectivity index (χ1v) is 10.5. The second kappa shape index (κ2) is 8.87. The van der Waals surface area contributed by atoms with Crippen molar-refractivity contribution >= 4 is 34.1 Å². The van der Waals surface area contributed by atoms with Crippen LogP contribution in [-0.4, -0.2) is 31.4 Å². The molecule has 146 valence electrons. The molecule has 0 unspecified atom stereocenters. The Hall–Kier alpha value is -3.19. The van der Waals surface area contributed by atoms with E-state index < -0.39 is 0 Å². The zero-order valence-electron chi connectivity index (χ0n) is 16.1. The van der Waals surface area contributed by atoms with Crippen LogP contribution in [0, 0.1) is 0 Å². The van der Waals surface area contributed by atoms with E-state index in [0.29, 0.717) is 0 Å². The number of hydrogen-bond donors (Lipinski definition) is 1. The maximum absolute atomic E-state index is 12.5. The van der Waals surface area contributed by atoms with E-state index in [-0.39, 0.29) is 11.7 Å². The Balaban J connectivity index is 1.45. The van der Waals surface area contributed by atoms with Gasteiger partial charge in [-0.3, -0.25) is 9.78 Å². The molecule has 0 spiro atoms. The molecule has 0 aliphatic heterocycles. The highest BCUT2D eigenvalue weighted by molar-refractivity contribution is 7.99. The molecular formula is C22H21N5OS. The lowest BCUT2D eigenvalue weighted by molar-refractivity contribution is -0.113. The Morgan fingerprint density at radius 1 is 1.03 bits per heavy atom. The molecule has 0 radical (unpaired) electrons. The number of rotatable bonds is 7.